The van der Waals surface area contributed by atoms with Crippen LogP contribution in [0.2, 0.25) is 0 Å². The molecule has 1 aliphatic rings. The summed E-state index contributed by atoms with van der Waals surface area (Å²) in [5, 5.41) is 3.66. The second-order valence-electron chi connectivity index (χ2n) is 6.26. The molecule has 0 amide bonds. The standard InChI is InChI=1S/C21H20N2O4S/c1-13-17(20(25)26-3)18(22-21(28)23(13)2)14-9-11-16(12-10-14)27-19(24)15-7-5-4-6-8-15/h4-12,18H,1-3H3,(H,22,28)/t18-/m0/s1. The summed E-state index contributed by atoms with van der Waals surface area (Å²) >= 11 is 5.35. The quantitative estimate of drug-likeness (QED) is 0.483. The van der Waals surface area contributed by atoms with Gasteiger partial charge in [0.25, 0.3) is 0 Å². The second-order valence-corrected chi connectivity index (χ2v) is 6.64. The van der Waals surface area contributed by atoms with Crippen LogP contribution < -0.4 is 10.1 Å². The van der Waals surface area contributed by atoms with Gasteiger partial charge < -0.3 is 19.7 Å². The van der Waals surface area contributed by atoms with Crippen LogP contribution in [0.15, 0.2) is 65.9 Å². The molecule has 2 aromatic rings. The maximum absolute atomic E-state index is 12.3. The number of thiocarbonyl (C=S) groups is 1. The molecule has 7 heteroatoms. The van der Waals surface area contributed by atoms with Crippen molar-refractivity contribution in [3.05, 3.63) is 77.0 Å². The lowest BCUT2D eigenvalue weighted by Crippen LogP contribution is -2.46. The normalized spacial score (nSPS) is 16.5. The zero-order chi connectivity index (χ0) is 20.3. The molecule has 0 unspecified atom stereocenters. The minimum atomic E-state index is -0.449. The fourth-order valence-corrected chi connectivity index (χ4v) is 3.18. The van der Waals surface area contributed by atoms with Gasteiger partial charge >= 0.3 is 11.9 Å². The number of carbonyl (C=O) groups is 2. The molecule has 3 rings (SSSR count). The third-order valence-corrected chi connectivity index (χ3v) is 4.98. The largest absolute Gasteiger partial charge is 0.466 e. The Morgan fingerprint density at radius 3 is 2.29 bits per heavy atom. The van der Waals surface area contributed by atoms with Gasteiger partial charge in [-0.05, 0) is 49.0 Å². The first-order valence-electron chi connectivity index (χ1n) is 8.63. The van der Waals surface area contributed by atoms with Crippen LogP contribution in [0.3, 0.4) is 0 Å². The Kier molecular flexibility index (Phi) is 5.75. The first-order valence-corrected chi connectivity index (χ1v) is 9.03. The number of esters is 2. The lowest BCUT2D eigenvalue weighted by Gasteiger charge is -2.35. The molecule has 28 heavy (non-hydrogen) atoms. The van der Waals surface area contributed by atoms with Crippen LogP contribution in [0.1, 0.15) is 28.9 Å². The lowest BCUT2D eigenvalue weighted by molar-refractivity contribution is -0.136. The van der Waals surface area contributed by atoms with E-state index in [-0.39, 0.29) is 0 Å². The summed E-state index contributed by atoms with van der Waals surface area (Å²) in [5.74, 6) is -0.449. The average Bonchev–Trinajstić information content (AvgIpc) is 2.72. The molecular weight excluding hydrogens is 376 g/mol. The van der Waals surface area contributed by atoms with E-state index in [0.717, 1.165) is 11.3 Å². The van der Waals surface area contributed by atoms with E-state index in [4.69, 9.17) is 21.7 Å². The summed E-state index contributed by atoms with van der Waals surface area (Å²) in [7, 11) is 3.13. The summed E-state index contributed by atoms with van der Waals surface area (Å²) < 4.78 is 10.3. The van der Waals surface area contributed by atoms with Gasteiger partial charge in [0, 0.05) is 12.7 Å². The zero-order valence-corrected chi connectivity index (χ0v) is 16.6. The predicted octanol–water partition coefficient (Wildman–Crippen LogP) is 3.21. The van der Waals surface area contributed by atoms with Gasteiger partial charge in [0.1, 0.15) is 5.75 Å². The van der Waals surface area contributed by atoms with E-state index in [1.165, 1.54) is 7.11 Å². The Morgan fingerprint density at radius 2 is 1.68 bits per heavy atom. The number of ether oxygens (including phenoxy) is 2. The van der Waals surface area contributed by atoms with Crippen LogP contribution in [-0.4, -0.2) is 36.1 Å². The van der Waals surface area contributed by atoms with Crippen LogP contribution >= 0.6 is 12.2 Å². The zero-order valence-electron chi connectivity index (χ0n) is 15.8. The van der Waals surface area contributed by atoms with E-state index in [9.17, 15) is 9.59 Å². The van der Waals surface area contributed by atoms with E-state index in [1.807, 2.05) is 13.0 Å². The van der Waals surface area contributed by atoms with Gasteiger partial charge in [-0.1, -0.05) is 30.3 Å². The Morgan fingerprint density at radius 1 is 1.04 bits per heavy atom. The summed E-state index contributed by atoms with van der Waals surface area (Å²) in [6, 6.07) is 15.3. The predicted molar refractivity (Wildman–Crippen MR) is 109 cm³/mol. The third kappa shape index (κ3) is 3.89. The van der Waals surface area contributed by atoms with E-state index in [0.29, 0.717) is 22.0 Å². The van der Waals surface area contributed by atoms with E-state index in [1.54, 1.807) is 60.5 Å². The van der Waals surface area contributed by atoms with E-state index >= 15 is 0 Å². The van der Waals surface area contributed by atoms with E-state index < -0.39 is 18.0 Å². The number of methoxy groups -OCH3 is 1. The van der Waals surface area contributed by atoms with Crippen molar-refractivity contribution >= 4 is 29.3 Å². The molecule has 0 aliphatic carbocycles. The van der Waals surface area contributed by atoms with Crippen molar-refractivity contribution in [2.45, 2.75) is 13.0 Å². The van der Waals surface area contributed by atoms with Gasteiger partial charge in [-0.3, -0.25) is 0 Å². The molecule has 2 aromatic carbocycles. The highest BCUT2D eigenvalue weighted by Crippen LogP contribution is 2.31. The molecule has 6 nitrogen and oxygen atoms in total. The Bertz CT molecular complexity index is 939. The topological polar surface area (TPSA) is 67.9 Å². The van der Waals surface area contributed by atoms with Gasteiger partial charge in [-0.15, -0.1) is 0 Å². The van der Waals surface area contributed by atoms with Crippen LogP contribution in [-0.2, 0) is 9.53 Å². The summed E-state index contributed by atoms with van der Waals surface area (Å²) in [5.41, 5.74) is 2.47. The Labute approximate surface area is 168 Å². The van der Waals surface area contributed by atoms with Gasteiger partial charge in [0.2, 0.25) is 0 Å². The fourth-order valence-electron chi connectivity index (χ4n) is 2.93. The van der Waals surface area contributed by atoms with Crippen molar-refractivity contribution in [2.75, 3.05) is 14.2 Å². The third-order valence-electron chi connectivity index (χ3n) is 4.59. The Hall–Kier alpha value is -3.19. The SMILES string of the molecule is COC(=O)C1=C(C)N(C)C(=S)N[C@H]1c1ccc(OC(=O)c2ccccc2)cc1. The Balaban J connectivity index is 1.84. The number of hydrogen-bond donors (Lipinski definition) is 1. The van der Waals surface area contributed by atoms with Crippen molar-refractivity contribution in [2.24, 2.45) is 0 Å². The van der Waals surface area contributed by atoms with Gasteiger partial charge in [-0.2, -0.15) is 0 Å². The van der Waals surface area contributed by atoms with Crippen molar-refractivity contribution in [3.8, 4) is 5.75 Å². The monoisotopic (exact) mass is 396 g/mol. The number of benzene rings is 2. The molecule has 0 saturated carbocycles. The minimum absolute atomic E-state index is 0.411. The molecule has 144 valence electrons. The highest BCUT2D eigenvalue weighted by Gasteiger charge is 2.33. The smallest absolute Gasteiger partial charge is 0.343 e. The second kappa shape index (κ2) is 8.22. The summed E-state index contributed by atoms with van der Waals surface area (Å²) in [6.07, 6.45) is 0. The van der Waals surface area contributed by atoms with Crippen molar-refractivity contribution in [1.82, 2.24) is 10.2 Å². The number of rotatable bonds is 4. The molecule has 0 bridgehead atoms. The number of hydrogen-bond acceptors (Lipinski definition) is 5. The molecular formula is C21H20N2O4S. The number of allylic oxidation sites excluding steroid dienone is 1. The molecule has 0 spiro atoms. The molecule has 1 heterocycles. The van der Waals surface area contributed by atoms with Gasteiger partial charge in [-0.25, -0.2) is 9.59 Å². The molecule has 0 fully saturated rings. The molecule has 0 saturated heterocycles. The molecule has 1 aliphatic heterocycles. The highest BCUT2D eigenvalue weighted by atomic mass is 32.1. The average molecular weight is 396 g/mol. The van der Waals surface area contributed by atoms with Gasteiger partial charge in [0.05, 0.1) is 24.3 Å². The van der Waals surface area contributed by atoms with Gasteiger partial charge in [0.15, 0.2) is 5.11 Å². The first-order chi connectivity index (χ1) is 13.4. The molecule has 1 N–H and O–H groups in total. The molecule has 1 atom stereocenters. The van der Waals surface area contributed by atoms with Crippen LogP contribution in [0, 0.1) is 0 Å². The summed E-state index contributed by atoms with van der Waals surface area (Å²) in [6.45, 7) is 1.82. The number of carbonyl (C=O) groups excluding carboxylic acids is 2. The van der Waals surface area contributed by atoms with Crippen LogP contribution in [0.5, 0.6) is 5.75 Å². The van der Waals surface area contributed by atoms with Crippen molar-refractivity contribution in [1.29, 1.82) is 0 Å². The highest BCUT2D eigenvalue weighted by molar-refractivity contribution is 7.80. The lowest BCUT2D eigenvalue weighted by atomic mass is 9.95. The number of nitrogens with one attached hydrogen (secondary N) is 1. The summed E-state index contributed by atoms with van der Waals surface area (Å²) in [4.78, 5) is 26.2. The number of nitrogens with zero attached hydrogens (tertiary/aromatic N) is 1. The van der Waals surface area contributed by atoms with Crippen LogP contribution in [0.4, 0.5) is 0 Å². The molecule has 0 aromatic heterocycles. The molecule has 0 radical (unpaired) electrons. The van der Waals surface area contributed by atoms with E-state index in [2.05, 4.69) is 5.32 Å². The first kappa shape index (κ1) is 19.6. The maximum atomic E-state index is 12.3. The van der Waals surface area contributed by atoms with Crippen molar-refractivity contribution in [3.63, 3.8) is 0 Å². The minimum Gasteiger partial charge on any atom is -0.466 e. The fraction of sp³-hybridized carbons (Fsp3) is 0.190. The van der Waals surface area contributed by atoms with Crippen LogP contribution in [0.25, 0.3) is 0 Å². The maximum Gasteiger partial charge on any atom is 0.343 e. The van der Waals surface area contributed by atoms with Crippen molar-refractivity contribution < 1.29 is 19.1 Å².